The molecule has 1 aliphatic carbocycles. The number of nitrogens with one attached hydrogen (secondary N) is 1. The Kier molecular flexibility index (Phi) is 7.21. The third-order valence-electron chi connectivity index (χ3n) is 5.68. The van der Waals surface area contributed by atoms with Gasteiger partial charge < -0.3 is 5.32 Å². The van der Waals surface area contributed by atoms with Gasteiger partial charge in [0.15, 0.2) is 5.16 Å². The second-order valence-corrected chi connectivity index (χ2v) is 10.2. The van der Waals surface area contributed by atoms with Crippen LogP contribution in [-0.4, -0.2) is 21.5 Å². The lowest BCUT2D eigenvalue weighted by Gasteiger charge is -2.16. The normalized spacial score (nSPS) is 14.4. The molecule has 1 heterocycles. The van der Waals surface area contributed by atoms with E-state index in [-0.39, 0.29) is 17.5 Å². The molecule has 1 amide bonds. The number of fused-ring (bicyclic) bond motifs is 1. The number of halogens is 1. The first-order chi connectivity index (χ1) is 15.4. The number of carbonyl (C=O) groups excluding carboxylic acids is 1. The molecule has 1 fully saturated rings. The molecule has 32 heavy (non-hydrogen) atoms. The van der Waals surface area contributed by atoms with Crippen LogP contribution in [0.4, 0.5) is 0 Å². The average molecular weight is 470 g/mol. The number of amides is 1. The number of thioether (sulfide) groups is 1. The van der Waals surface area contributed by atoms with Crippen molar-refractivity contribution in [3.63, 3.8) is 0 Å². The molecule has 7 heteroatoms. The Bertz CT molecular complexity index is 1190. The minimum atomic E-state index is -0.0971. The van der Waals surface area contributed by atoms with E-state index < -0.39 is 0 Å². The molecule has 5 nitrogen and oxygen atoms in total. The summed E-state index contributed by atoms with van der Waals surface area (Å²) < 4.78 is 1.75. The molecular weight excluding hydrogens is 442 g/mol. The van der Waals surface area contributed by atoms with Gasteiger partial charge in [-0.3, -0.25) is 14.2 Å². The van der Waals surface area contributed by atoms with Gasteiger partial charge in [0.05, 0.1) is 10.9 Å². The molecule has 4 rings (SSSR count). The molecular formula is C25H28ClN3O2S. The van der Waals surface area contributed by atoms with Gasteiger partial charge in [-0.2, -0.15) is 0 Å². The van der Waals surface area contributed by atoms with Crippen LogP contribution in [0.3, 0.4) is 0 Å². The summed E-state index contributed by atoms with van der Waals surface area (Å²) in [6, 6.07) is 13.1. The SMILES string of the molecule is CC(C)Cn1c(SCc2cccc(Cl)c2)nc2cc(C(=O)NC3CCCC3)ccc2c1=O. The molecule has 0 spiro atoms. The summed E-state index contributed by atoms with van der Waals surface area (Å²) in [6.45, 7) is 4.75. The van der Waals surface area contributed by atoms with Crippen LogP contribution in [0.15, 0.2) is 52.4 Å². The van der Waals surface area contributed by atoms with E-state index in [1.807, 2.05) is 24.3 Å². The number of carbonyl (C=O) groups is 1. The highest BCUT2D eigenvalue weighted by molar-refractivity contribution is 7.98. The molecule has 0 atom stereocenters. The van der Waals surface area contributed by atoms with Crippen molar-refractivity contribution in [2.75, 3.05) is 0 Å². The Morgan fingerprint density at radius 2 is 2.00 bits per heavy atom. The van der Waals surface area contributed by atoms with Crippen molar-refractivity contribution in [2.45, 2.75) is 63.0 Å². The smallest absolute Gasteiger partial charge is 0.262 e. The Labute approximate surface area is 197 Å². The fourth-order valence-electron chi connectivity index (χ4n) is 4.09. The van der Waals surface area contributed by atoms with Crippen LogP contribution in [0.2, 0.25) is 5.02 Å². The van der Waals surface area contributed by atoms with Crippen molar-refractivity contribution in [1.29, 1.82) is 0 Å². The maximum absolute atomic E-state index is 13.3. The number of hydrogen-bond donors (Lipinski definition) is 1. The zero-order valence-corrected chi connectivity index (χ0v) is 20.0. The minimum Gasteiger partial charge on any atom is -0.349 e. The quantitative estimate of drug-likeness (QED) is 0.357. The summed E-state index contributed by atoms with van der Waals surface area (Å²) in [5.41, 5.74) is 2.10. The molecule has 0 aliphatic heterocycles. The monoisotopic (exact) mass is 469 g/mol. The lowest BCUT2D eigenvalue weighted by molar-refractivity contribution is 0.0938. The second-order valence-electron chi connectivity index (χ2n) is 8.81. The maximum atomic E-state index is 13.3. The lowest BCUT2D eigenvalue weighted by Crippen LogP contribution is -2.32. The van der Waals surface area contributed by atoms with Crippen molar-refractivity contribution in [3.8, 4) is 0 Å². The van der Waals surface area contributed by atoms with Gasteiger partial charge in [0, 0.05) is 28.9 Å². The van der Waals surface area contributed by atoms with Crippen LogP contribution >= 0.6 is 23.4 Å². The summed E-state index contributed by atoms with van der Waals surface area (Å²) in [5.74, 6) is 0.854. The topological polar surface area (TPSA) is 64.0 Å². The van der Waals surface area contributed by atoms with E-state index in [0.29, 0.717) is 44.9 Å². The third-order valence-corrected chi connectivity index (χ3v) is 6.96. The molecule has 1 N–H and O–H groups in total. The van der Waals surface area contributed by atoms with Crippen LogP contribution in [0, 0.1) is 5.92 Å². The highest BCUT2D eigenvalue weighted by atomic mass is 35.5. The molecule has 3 aromatic rings. The van der Waals surface area contributed by atoms with Crippen molar-refractivity contribution in [1.82, 2.24) is 14.9 Å². The van der Waals surface area contributed by atoms with Crippen molar-refractivity contribution in [2.24, 2.45) is 5.92 Å². The van der Waals surface area contributed by atoms with Gasteiger partial charge in [-0.15, -0.1) is 0 Å². The average Bonchev–Trinajstić information content (AvgIpc) is 3.27. The zero-order chi connectivity index (χ0) is 22.7. The Hall–Kier alpha value is -2.31. The number of benzene rings is 2. The van der Waals surface area contributed by atoms with Gasteiger partial charge >= 0.3 is 0 Å². The zero-order valence-electron chi connectivity index (χ0n) is 18.4. The number of rotatable bonds is 7. The molecule has 0 saturated heterocycles. The predicted molar refractivity (Wildman–Crippen MR) is 132 cm³/mol. The Morgan fingerprint density at radius 3 is 2.72 bits per heavy atom. The largest absolute Gasteiger partial charge is 0.349 e. The first-order valence-corrected chi connectivity index (χ1v) is 12.5. The second kappa shape index (κ2) is 10.1. The van der Waals surface area contributed by atoms with E-state index in [1.54, 1.807) is 22.8 Å². The predicted octanol–water partition coefficient (Wildman–Crippen LogP) is 5.67. The molecule has 0 unspecified atom stereocenters. The molecule has 168 valence electrons. The highest BCUT2D eigenvalue weighted by Crippen LogP contribution is 2.25. The summed E-state index contributed by atoms with van der Waals surface area (Å²) >= 11 is 7.63. The summed E-state index contributed by atoms with van der Waals surface area (Å²) in [4.78, 5) is 30.8. The standard InChI is InChI=1S/C25H28ClN3O2S/c1-16(2)14-29-24(31)21-11-10-18(23(30)27-20-8-3-4-9-20)13-22(21)28-25(29)32-15-17-6-5-7-19(26)12-17/h5-7,10-13,16,20H,3-4,8-9,14-15H2,1-2H3,(H,27,30). The van der Waals surface area contributed by atoms with Gasteiger partial charge in [-0.25, -0.2) is 4.98 Å². The maximum Gasteiger partial charge on any atom is 0.262 e. The fourth-order valence-corrected chi connectivity index (χ4v) is 5.26. The summed E-state index contributed by atoms with van der Waals surface area (Å²) in [6.07, 6.45) is 4.38. The van der Waals surface area contributed by atoms with Gasteiger partial charge in [0.25, 0.3) is 11.5 Å². The third kappa shape index (κ3) is 5.36. The first-order valence-electron chi connectivity index (χ1n) is 11.1. The van der Waals surface area contributed by atoms with Crippen molar-refractivity contribution >= 4 is 40.2 Å². The molecule has 1 aromatic heterocycles. The van der Waals surface area contributed by atoms with Gasteiger partial charge in [-0.05, 0) is 54.7 Å². The van der Waals surface area contributed by atoms with Crippen LogP contribution < -0.4 is 10.9 Å². The van der Waals surface area contributed by atoms with Crippen molar-refractivity contribution < 1.29 is 4.79 Å². The van der Waals surface area contributed by atoms with Crippen LogP contribution in [0.25, 0.3) is 10.9 Å². The van der Waals surface area contributed by atoms with E-state index in [4.69, 9.17) is 16.6 Å². The molecule has 0 bridgehead atoms. The first kappa shape index (κ1) is 22.9. The molecule has 0 radical (unpaired) electrons. The number of hydrogen-bond acceptors (Lipinski definition) is 4. The van der Waals surface area contributed by atoms with Crippen LogP contribution in [-0.2, 0) is 12.3 Å². The summed E-state index contributed by atoms with van der Waals surface area (Å²) in [5, 5.41) is 4.99. The van der Waals surface area contributed by atoms with Gasteiger partial charge in [0.2, 0.25) is 0 Å². The van der Waals surface area contributed by atoms with Crippen LogP contribution in [0.1, 0.15) is 55.5 Å². The fraction of sp³-hybridized carbons (Fsp3) is 0.400. The van der Waals surface area contributed by atoms with Gasteiger partial charge in [0.1, 0.15) is 0 Å². The van der Waals surface area contributed by atoms with E-state index >= 15 is 0 Å². The molecule has 1 saturated carbocycles. The Balaban J connectivity index is 1.67. The highest BCUT2D eigenvalue weighted by Gasteiger charge is 2.19. The number of nitrogens with zero attached hydrogens (tertiary/aromatic N) is 2. The van der Waals surface area contributed by atoms with E-state index in [0.717, 1.165) is 31.2 Å². The summed E-state index contributed by atoms with van der Waals surface area (Å²) in [7, 11) is 0. The lowest BCUT2D eigenvalue weighted by atomic mass is 10.1. The molecule has 1 aliphatic rings. The number of aromatic nitrogens is 2. The van der Waals surface area contributed by atoms with Gasteiger partial charge in [-0.1, -0.05) is 62.2 Å². The minimum absolute atomic E-state index is 0.0694. The van der Waals surface area contributed by atoms with Crippen LogP contribution in [0.5, 0.6) is 0 Å². The van der Waals surface area contributed by atoms with E-state index in [9.17, 15) is 9.59 Å². The van der Waals surface area contributed by atoms with E-state index in [2.05, 4.69) is 19.2 Å². The van der Waals surface area contributed by atoms with E-state index in [1.165, 1.54) is 11.8 Å². The Morgan fingerprint density at radius 1 is 1.22 bits per heavy atom. The molecule has 2 aromatic carbocycles. The van der Waals surface area contributed by atoms with Crippen molar-refractivity contribution in [3.05, 3.63) is 69.0 Å².